The average molecular weight is 258 g/mol. The summed E-state index contributed by atoms with van der Waals surface area (Å²) in [5.41, 5.74) is 1.80. The van der Waals surface area contributed by atoms with E-state index in [4.69, 9.17) is 4.55 Å². The molecule has 0 bridgehead atoms. The van der Waals surface area contributed by atoms with E-state index in [1.807, 2.05) is 6.92 Å². The van der Waals surface area contributed by atoms with Crippen LogP contribution < -0.4 is 5.19 Å². The molecule has 0 radical (unpaired) electrons. The van der Waals surface area contributed by atoms with E-state index in [1.165, 1.54) is 6.07 Å². The van der Waals surface area contributed by atoms with E-state index in [2.05, 4.69) is 19.6 Å². The number of rotatable bonds is 2. The van der Waals surface area contributed by atoms with Crippen LogP contribution in [-0.4, -0.2) is 21.0 Å². The van der Waals surface area contributed by atoms with Crippen LogP contribution in [0.5, 0.6) is 0 Å². The summed E-state index contributed by atoms with van der Waals surface area (Å²) < 4.78 is 31.6. The van der Waals surface area contributed by atoms with Gasteiger partial charge in [-0.3, -0.25) is 4.55 Å². The molecule has 1 aromatic carbocycles. The van der Waals surface area contributed by atoms with Gasteiger partial charge in [0.05, 0.1) is 13.0 Å². The largest absolute Gasteiger partial charge is 0.294 e. The Morgan fingerprint density at radius 2 is 1.62 bits per heavy atom. The van der Waals surface area contributed by atoms with Crippen molar-refractivity contribution in [3.8, 4) is 0 Å². The van der Waals surface area contributed by atoms with Crippen molar-refractivity contribution >= 4 is 23.4 Å². The van der Waals surface area contributed by atoms with Gasteiger partial charge in [0.15, 0.2) is 0 Å². The SMILES string of the molecule is Cc1ccc(S(=O)(=O)O)c(C)c1[Si](C)(C)C. The minimum Gasteiger partial charge on any atom is -0.282 e. The zero-order chi connectivity index (χ0) is 12.7. The highest BCUT2D eigenvalue weighted by atomic mass is 32.2. The maximum atomic E-state index is 11.2. The lowest BCUT2D eigenvalue weighted by atomic mass is 10.1. The van der Waals surface area contributed by atoms with Crippen molar-refractivity contribution in [1.29, 1.82) is 0 Å². The first-order valence-corrected chi connectivity index (χ1v) is 10.1. The average Bonchev–Trinajstić information content (AvgIpc) is 1.97. The maximum Gasteiger partial charge on any atom is 0.294 e. The van der Waals surface area contributed by atoms with Crippen LogP contribution in [0, 0.1) is 13.8 Å². The van der Waals surface area contributed by atoms with E-state index < -0.39 is 18.2 Å². The summed E-state index contributed by atoms with van der Waals surface area (Å²) in [4.78, 5) is 0.0375. The predicted octanol–water partition coefficient (Wildman–Crippen LogP) is 2.10. The van der Waals surface area contributed by atoms with E-state index in [9.17, 15) is 8.42 Å². The molecule has 1 N–H and O–H groups in total. The van der Waals surface area contributed by atoms with Crippen LogP contribution >= 0.6 is 0 Å². The minimum absolute atomic E-state index is 0.0375. The highest BCUT2D eigenvalue weighted by molar-refractivity contribution is 7.85. The van der Waals surface area contributed by atoms with Crippen molar-refractivity contribution in [3.05, 3.63) is 23.3 Å². The summed E-state index contributed by atoms with van der Waals surface area (Å²) in [5, 5.41) is 1.11. The molecule has 0 heterocycles. The van der Waals surface area contributed by atoms with Gasteiger partial charge in [-0.25, -0.2) is 0 Å². The first-order chi connectivity index (χ1) is 7.05. The fourth-order valence-electron chi connectivity index (χ4n) is 2.26. The third-order valence-electron chi connectivity index (χ3n) is 2.65. The first kappa shape index (κ1) is 13.4. The molecule has 1 aromatic rings. The molecule has 16 heavy (non-hydrogen) atoms. The molecule has 0 spiro atoms. The molecule has 0 amide bonds. The molecule has 0 saturated carbocycles. The van der Waals surface area contributed by atoms with E-state index in [0.717, 1.165) is 10.8 Å². The third kappa shape index (κ3) is 2.53. The van der Waals surface area contributed by atoms with Crippen LogP contribution in [0.25, 0.3) is 0 Å². The summed E-state index contributed by atoms with van der Waals surface area (Å²) in [6.07, 6.45) is 0. The molecule has 0 aliphatic carbocycles. The molecule has 0 saturated heterocycles. The smallest absolute Gasteiger partial charge is 0.282 e. The van der Waals surface area contributed by atoms with Gasteiger partial charge in [-0.05, 0) is 25.5 Å². The van der Waals surface area contributed by atoms with Crippen LogP contribution in [0.1, 0.15) is 11.1 Å². The van der Waals surface area contributed by atoms with Gasteiger partial charge >= 0.3 is 0 Å². The maximum absolute atomic E-state index is 11.2. The van der Waals surface area contributed by atoms with Crippen molar-refractivity contribution in [2.24, 2.45) is 0 Å². The molecule has 0 fully saturated rings. The van der Waals surface area contributed by atoms with E-state index in [-0.39, 0.29) is 4.90 Å². The molecule has 3 nitrogen and oxygen atoms in total. The van der Waals surface area contributed by atoms with Gasteiger partial charge in [0.2, 0.25) is 0 Å². The Labute approximate surface area is 98.3 Å². The van der Waals surface area contributed by atoms with Crippen LogP contribution in [0.15, 0.2) is 17.0 Å². The zero-order valence-electron chi connectivity index (χ0n) is 10.3. The number of aryl methyl sites for hydroxylation is 1. The molecule has 0 atom stereocenters. The Hall–Kier alpha value is -0.653. The van der Waals surface area contributed by atoms with Crippen LogP contribution in [0.2, 0.25) is 19.6 Å². The third-order valence-corrected chi connectivity index (χ3v) is 5.92. The van der Waals surface area contributed by atoms with E-state index in [1.54, 1.807) is 13.0 Å². The Balaban J connectivity index is 3.65. The number of benzene rings is 1. The quantitative estimate of drug-likeness (QED) is 0.653. The van der Waals surface area contributed by atoms with Crippen molar-refractivity contribution in [3.63, 3.8) is 0 Å². The second-order valence-corrected chi connectivity index (χ2v) is 11.5. The molecule has 0 aliphatic heterocycles. The Kier molecular flexibility index (Phi) is 3.33. The zero-order valence-corrected chi connectivity index (χ0v) is 12.1. The van der Waals surface area contributed by atoms with Gasteiger partial charge in [0.25, 0.3) is 10.1 Å². The predicted molar refractivity (Wildman–Crippen MR) is 68.7 cm³/mol. The van der Waals surface area contributed by atoms with Crippen molar-refractivity contribution in [2.45, 2.75) is 38.4 Å². The topological polar surface area (TPSA) is 54.4 Å². The Bertz CT molecular complexity index is 513. The second-order valence-electron chi connectivity index (χ2n) is 5.11. The molecule has 0 unspecified atom stereocenters. The van der Waals surface area contributed by atoms with E-state index in [0.29, 0.717) is 5.56 Å². The monoisotopic (exact) mass is 258 g/mol. The molecular weight excluding hydrogens is 240 g/mol. The molecular formula is C11H18O3SSi. The van der Waals surface area contributed by atoms with Crippen LogP contribution in [-0.2, 0) is 10.1 Å². The first-order valence-electron chi connectivity index (χ1n) is 5.13. The van der Waals surface area contributed by atoms with Gasteiger partial charge < -0.3 is 0 Å². The highest BCUT2D eigenvalue weighted by Gasteiger charge is 2.25. The lowest BCUT2D eigenvalue weighted by molar-refractivity contribution is 0.482. The number of hydrogen-bond donors (Lipinski definition) is 1. The van der Waals surface area contributed by atoms with Crippen molar-refractivity contribution < 1.29 is 13.0 Å². The summed E-state index contributed by atoms with van der Waals surface area (Å²) in [5.74, 6) is 0. The molecule has 5 heteroatoms. The number of hydrogen-bond acceptors (Lipinski definition) is 2. The van der Waals surface area contributed by atoms with Gasteiger partial charge in [-0.15, -0.1) is 0 Å². The van der Waals surface area contributed by atoms with Gasteiger partial charge in [-0.2, -0.15) is 8.42 Å². The van der Waals surface area contributed by atoms with Gasteiger partial charge in [0.1, 0.15) is 0 Å². The van der Waals surface area contributed by atoms with E-state index >= 15 is 0 Å². The fourth-order valence-corrected chi connectivity index (χ4v) is 5.61. The summed E-state index contributed by atoms with van der Waals surface area (Å²) in [7, 11) is -5.72. The summed E-state index contributed by atoms with van der Waals surface area (Å²) >= 11 is 0. The second kappa shape index (κ2) is 3.98. The normalized spacial score (nSPS) is 12.9. The highest BCUT2D eigenvalue weighted by Crippen LogP contribution is 2.18. The summed E-state index contributed by atoms with van der Waals surface area (Å²) in [6.45, 7) is 10.2. The van der Waals surface area contributed by atoms with Gasteiger partial charge in [-0.1, -0.05) is 36.5 Å². The summed E-state index contributed by atoms with van der Waals surface area (Å²) in [6, 6.07) is 3.24. The Morgan fingerprint density at radius 1 is 1.12 bits per heavy atom. The lowest BCUT2D eigenvalue weighted by Gasteiger charge is -2.23. The van der Waals surface area contributed by atoms with Crippen molar-refractivity contribution in [1.82, 2.24) is 0 Å². The molecule has 1 rings (SSSR count). The van der Waals surface area contributed by atoms with Crippen LogP contribution in [0.4, 0.5) is 0 Å². The standard InChI is InChI=1S/C11H18O3SSi/c1-8-6-7-10(15(12,13)14)9(2)11(8)16(3,4)5/h6-7H,1-5H3,(H,12,13,14). The molecule has 90 valence electrons. The van der Waals surface area contributed by atoms with Crippen molar-refractivity contribution in [2.75, 3.05) is 0 Å². The molecule has 0 aliphatic rings. The fraction of sp³-hybridized carbons (Fsp3) is 0.455. The van der Waals surface area contributed by atoms with Gasteiger partial charge in [0, 0.05) is 0 Å². The lowest BCUT2D eigenvalue weighted by Crippen LogP contribution is -2.42. The van der Waals surface area contributed by atoms with Crippen LogP contribution in [0.3, 0.4) is 0 Å². The minimum atomic E-state index is -4.11. The molecule has 0 aromatic heterocycles. The Morgan fingerprint density at radius 3 is 2.00 bits per heavy atom.